The van der Waals surface area contributed by atoms with Gasteiger partial charge in [-0.2, -0.15) is 0 Å². The SMILES string of the molecule is CC1=C(C)C(C)C(CCCCN)=C1C. The molecule has 0 saturated carbocycles. The molecule has 1 unspecified atom stereocenters. The van der Waals surface area contributed by atoms with Crippen LogP contribution in [0, 0.1) is 5.92 Å². The van der Waals surface area contributed by atoms with E-state index in [1.807, 2.05) is 0 Å². The fraction of sp³-hybridized carbons (Fsp3) is 0.692. The van der Waals surface area contributed by atoms with Crippen molar-refractivity contribution in [2.24, 2.45) is 11.7 Å². The Balaban J connectivity index is 2.63. The van der Waals surface area contributed by atoms with Crippen LogP contribution in [0.3, 0.4) is 0 Å². The largest absolute Gasteiger partial charge is 0.330 e. The fourth-order valence-corrected chi connectivity index (χ4v) is 2.31. The van der Waals surface area contributed by atoms with Crippen molar-refractivity contribution < 1.29 is 0 Å². The molecule has 1 aliphatic rings. The third-order valence-corrected chi connectivity index (χ3v) is 3.71. The molecule has 0 aliphatic heterocycles. The molecular formula is C13H23N. The van der Waals surface area contributed by atoms with Crippen LogP contribution >= 0.6 is 0 Å². The Morgan fingerprint density at radius 1 is 1.07 bits per heavy atom. The summed E-state index contributed by atoms with van der Waals surface area (Å²) in [6, 6.07) is 0. The summed E-state index contributed by atoms with van der Waals surface area (Å²) in [6.07, 6.45) is 3.63. The molecule has 0 heterocycles. The van der Waals surface area contributed by atoms with Crippen molar-refractivity contribution in [2.75, 3.05) is 6.54 Å². The summed E-state index contributed by atoms with van der Waals surface area (Å²) < 4.78 is 0. The van der Waals surface area contributed by atoms with Gasteiger partial charge in [0.1, 0.15) is 0 Å². The first-order chi connectivity index (χ1) is 6.59. The fourth-order valence-electron chi connectivity index (χ4n) is 2.31. The molecule has 0 aromatic carbocycles. The van der Waals surface area contributed by atoms with E-state index in [0.717, 1.165) is 13.0 Å². The number of nitrogens with two attached hydrogens (primary N) is 1. The molecule has 0 fully saturated rings. The van der Waals surface area contributed by atoms with Gasteiger partial charge in [-0.05, 0) is 63.6 Å². The molecule has 0 aromatic heterocycles. The van der Waals surface area contributed by atoms with Gasteiger partial charge in [0.2, 0.25) is 0 Å². The molecule has 1 nitrogen and oxygen atoms in total. The maximum absolute atomic E-state index is 5.51. The van der Waals surface area contributed by atoms with Crippen molar-refractivity contribution in [3.05, 3.63) is 22.3 Å². The smallest absolute Gasteiger partial charge is 0.00126 e. The van der Waals surface area contributed by atoms with E-state index in [1.54, 1.807) is 11.1 Å². The lowest BCUT2D eigenvalue weighted by atomic mass is 9.94. The van der Waals surface area contributed by atoms with Crippen LogP contribution in [0.15, 0.2) is 22.3 Å². The van der Waals surface area contributed by atoms with Gasteiger partial charge in [-0.3, -0.25) is 0 Å². The summed E-state index contributed by atoms with van der Waals surface area (Å²) in [5.41, 5.74) is 11.8. The van der Waals surface area contributed by atoms with Gasteiger partial charge in [0.15, 0.2) is 0 Å². The first-order valence-corrected chi connectivity index (χ1v) is 5.67. The van der Waals surface area contributed by atoms with E-state index in [0.29, 0.717) is 5.92 Å². The van der Waals surface area contributed by atoms with Gasteiger partial charge >= 0.3 is 0 Å². The molecule has 0 spiro atoms. The van der Waals surface area contributed by atoms with Crippen molar-refractivity contribution >= 4 is 0 Å². The lowest BCUT2D eigenvalue weighted by Crippen LogP contribution is -2.01. The van der Waals surface area contributed by atoms with Gasteiger partial charge in [0.25, 0.3) is 0 Å². The highest BCUT2D eigenvalue weighted by Gasteiger charge is 2.22. The average molecular weight is 193 g/mol. The topological polar surface area (TPSA) is 26.0 Å². The van der Waals surface area contributed by atoms with E-state index < -0.39 is 0 Å². The molecule has 2 N–H and O–H groups in total. The molecule has 0 bridgehead atoms. The highest BCUT2D eigenvalue weighted by molar-refractivity contribution is 5.46. The van der Waals surface area contributed by atoms with Crippen LogP contribution in [-0.4, -0.2) is 6.54 Å². The molecule has 0 radical (unpaired) electrons. The Bertz CT molecular complexity index is 271. The molecule has 1 heteroatoms. The van der Waals surface area contributed by atoms with Gasteiger partial charge in [-0.25, -0.2) is 0 Å². The van der Waals surface area contributed by atoms with Gasteiger partial charge in [-0.15, -0.1) is 0 Å². The Kier molecular flexibility index (Phi) is 3.94. The number of hydrogen-bond donors (Lipinski definition) is 1. The summed E-state index contributed by atoms with van der Waals surface area (Å²) in [4.78, 5) is 0. The minimum absolute atomic E-state index is 0.674. The second-order valence-electron chi connectivity index (χ2n) is 4.43. The number of rotatable bonds is 4. The molecule has 0 saturated heterocycles. The molecule has 0 aromatic rings. The Labute approximate surface area is 88.1 Å². The van der Waals surface area contributed by atoms with Gasteiger partial charge in [-0.1, -0.05) is 18.1 Å². The zero-order chi connectivity index (χ0) is 10.7. The van der Waals surface area contributed by atoms with E-state index in [9.17, 15) is 0 Å². The normalized spacial score (nSPS) is 22.5. The average Bonchev–Trinajstić information content (AvgIpc) is 2.35. The molecule has 0 amide bonds. The molecule has 14 heavy (non-hydrogen) atoms. The van der Waals surface area contributed by atoms with Crippen LogP contribution in [0.25, 0.3) is 0 Å². The van der Waals surface area contributed by atoms with Crippen LogP contribution in [0.4, 0.5) is 0 Å². The van der Waals surface area contributed by atoms with Crippen molar-refractivity contribution in [3.8, 4) is 0 Å². The molecule has 1 aliphatic carbocycles. The zero-order valence-corrected chi connectivity index (χ0v) is 9.98. The summed E-state index contributed by atoms with van der Waals surface area (Å²) >= 11 is 0. The first kappa shape index (κ1) is 11.5. The van der Waals surface area contributed by atoms with E-state index in [1.165, 1.54) is 24.0 Å². The third kappa shape index (κ3) is 2.09. The highest BCUT2D eigenvalue weighted by Crippen LogP contribution is 2.38. The molecule has 1 rings (SSSR count). The maximum Gasteiger partial charge on any atom is -0.00126 e. The standard InChI is InChI=1S/C13H23N/c1-9-10(2)12(4)13(11(9)3)7-5-6-8-14/h11H,5-8,14H2,1-4H3. The molecule has 80 valence electrons. The maximum atomic E-state index is 5.51. The zero-order valence-electron chi connectivity index (χ0n) is 9.98. The van der Waals surface area contributed by atoms with E-state index >= 15 is 0 Å². The second kappa shape index (κ2) is 4.79. The summed E-state index contributed by atoms with van der Waals surface area (Å²) in [5, 5.41) is 0. The van der Waals surface area contributed by atoms with Gasteiger partial charge < -0.3 is 5.73 Å². The first-order valence-electron chi connectivity index (χ1n) is 5.67. The second-order valence-corrected chi connectivity index (χ2v) is 4.43. The number of hydrogen-bond acceptors (Lipinski definition) is 1. The van der Waals surface area contributed by atoms with Crippen LogP contribution in [0.1, 0.15) is 47.0 Å². The predicted molar refractivity (Wildman–Crippen MR) is 63.1 cm³/mol. The van der Waals surface area contributed by atoms with Crippen LogP contribution in [-0.2, 0) is 0 Å². The van der Waals surface area contributed by atoms with Crippen molar-refractivity contribution in [3.63, 3.8) is 0 Å². The van der Waals surface area contributed by atoms with Crippen LogP contribution < -0.4 is 5.73 Å². The van der Waals surface area contributed by atoms with Gasteiger partial charge in [0, 0.05) is 0 Å². The Hall–Kier alpha value is -0.560. The van der Waals surface area contributed by atoms with Crippen LogP contribution in [0.5, 0.6) is 0 Å². The van der Waals surface area contributed by atoms with Crippen LogP contribution in [0.2, 0.25) is 0 Å². The van der Waals surface area contributed by atoms with E-state index in [2.05, 4.69) is 27.7 Å². The monoisotopic (exact) mass is 193 g/mol. The predicted octanol–water partition coefficient (Wildman–Crippen LogP) is 3.42. The van der Waals surface area contributed by atoms with E-state index in [-0.39, 0.29) is 0 Å². The summed E-state index contributed by atoms with van der Waals surface area (Å²) in [5.74, 6) is 0.674. The number of unbranched alkanes of at least 4 members (excludes halogenated alkanes) is 1. The highest BCUT2D eigenvalue weighted by atomic mass is 14.5. The van der Waals surface area contributed by atoms with Gasteiger partial charge in [0.05, 0.1) is 0 Å². The van der Waals surface area contributed by atoms with Crippen molar-refractivity contribution in [1.82, 2.24) is 0 Å². The quantitative estimate of drug-likeness (QED) is 0.680. The summed E-state index contributed by atoms with van der Waals surface area (Å²) in [7, 11) is 0. The van der Waals surface area contributed by atoms with Crippen molar-refractivity contribution in [1.29, 1.82) is 0 Å². The molecular weight excluding hydrogens is 170 g/mol. The summed E-state index contributed by atoms with van der Waals surface area (Å²) in [6.45, 7) is 9.93. The number of allylic oxidation sites excluding steroid dienone is 4. The molecule has 1 atom stereocenters. The minimum Gasteiger partial charge on any atom is -0.330 e. The van der Waals surface area contributed by atoms with E-state index in [4.69, 9.17) is 5.73 Å². The lowest BCUT2D eigenvalue weighted by Gasteiger charge is -2.12. The Morgan fingerprint density at radius 3 is 2.14 bits per heavy atom. The van der Waals surface area contributed by atoms with Crippen molar-refractivity contribution in [2.45, 2.75) is 47.0 Å². The Morgan fingerprint density at radius 2 is 1.71 bits per heavy atom. The minimum atomic E-state index is 0.674. The lowest BCUT2D eigenvalue weighted by molar-refractivity contribution is 0.679. The third-order valence-electron chi connectivity index (χ3n) is 3.71.